The smallest absolute Gasteiger partial charge is 0.309 e. The van der Waals surface area contributed by atoms with Crippen molar-refractivity contribution in [1.29, 1.82) is 0 Å². The maximum absolute atomic E-state index is 13.3. The molecule has 32 heavy (non-hydrogen) atoms. The van der Waals surface area contributed by atoms with Crippen LogP contribution in [0, 0.1) is 5.82 Å². The van der Waals surface area contributed by atoms with Gasteiger partial charge in [-0.2, -0.15) is 4.73 Å². The van der Waals surface area contributed by atoms with Crippen LogP contribution in [0.1, 0.15) is 25.0 Å². The van der Waals surface area contributed by atoms with Gasteiger partial charge in [-0.1, -0.05) is 12.1 Å². The molecule has 1 unspecified atom stereocenters. The molecule has 166 valence electrons. The van der Waals surface area contributed by atoms with E-state index in [9.17, 15) is 14.4 Å². The number of hydrogen-bond donors (Lipinski definition) is 1. The molecule has 1 aliphatic heterocycles. The molecule has 8 nitrogen and oxygen atoms in total. The molecule has 4 heterocycles. The van der Waals surface area contributed by atoms with Crippen LogP contribution in [0.3, 0.4) is 0 Å². The van der Waals surface area contributed by atoms with Crippen molar-refractivity contribution >= 4 is 21.8 Å². The molecular weight excluding hydrogens is 417 g/mol. The summed E-state index contributed by atoms with van der Waals surface area (Å²) in [7, 11) is 0. The van der Waals surface area contributed by atoms with E-state index in [2.05, 4.69) is 4.98 Å². The normalized spacial score (nSPS) is 18.0. The molecule has 1 saturated heterocycles. The molecule has 0 spiro atoms. The van der Waals surface area contributed by atoms with Crippen molar-refractivity contribution in [2.45, 2.75) is 39.1 Å². The van der Waals surface area contributed by atoms with E-state index >= 15 is 0 Å². The fraction of sp³-hybridized carbons (Fsp3) is 0.304. The van der Waals surface area contributed by atoms with Crippen molar-refractivity contribution in [3.8, 4) is 0 Å². The molecule has 9 heteroatoms. The first-order chi connectivity index (χ1) is 15.3. The highest BCUT2D eigenvalue weighted by molar-refractivity contribution is 6.06. The average molecular weight is 439 g/mol. The van der Waals surface area contributed by atoms with Gasteiger partial charge in [-0.3, -0.25) is 4.79 Å². The number of fused-ring (bicyclic) bond motifs is 3. The van der Waals surface area contributed by atoms with Gasteiger partial charge in [0, 0.05) is 35.3 Å². The Balaban J connectivity index is 1.58. The van der Waals surface area contributed by atoms with Gasteiger partial charge in [0.15, 0.2) is 12.1 Å². The lowest BCUT2D eigenvalue weighted by Gasteiger charge is -2.16. The van der Waals surface area contributed by atoms with Gasteiger partial charge in [0.05, 0.1) is 18.3 Å². The molecule has 1 N–H and O–H groups in total. The Labute approximate surface area is 182 Å². The van der Waals surface area contributed by atoms with Crippen molar-refractivity contribution in [2.75, 3.05) is 6.61 Å². The minimum absolute atomic E-state index is 0.157. The molecule has 0 radical (unpaired) electrons. The Morgan fingerprint density at radius 2 is 2.06 bits per heavy atom. The van der Waals surface area contributed by atoms with Crippen molar-refractivity contribution in [2.24, 2.45) is 0 Å². The van der Waals surface area contributed by atoms with Crippen LogP contribution in [0.4, 0.5) is 4.39 Å². The highest BCUT2D eigenvalue weighted by Crippen LogP contribution is 2.30. The fourth-order valence-electron chi connectivity index (χ4n) is 3.99. The van der Waals surface area contributed by atoms with E-state index in [1.165, 1.54) is 18.3 Å². The van der Waals surface area contributed by atoms with Crippen LogP contribution in [-0.2, 0) is 27.4 Å². The van der Waals surface area contributed by atoms with E-state index in [0.29, 0.717) is 23.3 Å². The zero-order chi connectivity index (χ0) is 22.5. The standard InChI is InChI=1S/C23H22FN3O5/c1-23(2)31-13-19(32-23)30-12-15-11-26(10-14-3-5-16(24)6-4-14)18-9-25-21-17(20(15)18)7-8-27(29)22(21)28/h3-9,11,19,29H,10,12-13H2,1-2H3. The summed E-state index contributed by atoms with van der Waals surface area (Å²) in [4.78, 5) is 16.7. The van der Waals surface area contributed by atoms with Crippen LogP contribution in [0.2, 0.25) is 0 Å². The zero-order valence-electron chi connectivity index (χ0n) is 17.6. The summed E-state index contributed by atoms with van der Waals surface area (Å²) < 4.78 is 33.1. The molecule has 0 amide bonds. The SMILES string of the molecule is CC1(C)OCC(OCc2cn(Cc3ccc(F)cc3)c3cnc4c(=O)n(O)ccc4c23)O1. The van der Waals surface area contributed by atoms with Gasteiger partial charge in [-0.15, -0.1) is 0 Å². The van der Waals surface area contributed by atoms with Crippen LogP contribution in [0.5, 0.6) is 0 Å². The molecule has 0 aliphatic carbocycles. The van der Waals surface area contributed by atoms with Crippen molar-refractivity contribution in [3.63, 3.8) is 0 Å². The number of pyridine rings is 2. The van der Waals surface area contributed by atoms with Gasteiger partial charge >= 0.3 is 5.56 Å². The Bertz CT molecular complexity index is 1360. The van der Waals surface area contributed by atoms with Gasteiger partial charge < -0.3 is 24.0 Å². The fourth-order valence-corrected chi connectivity index (χ4v) is 3.99. The molecule has 1 atom stereocenters. The van der Waals surface area contributed by atoms with Gasteiger partial charge in [0.2, 0.25) is 0 Å². The molecule has 0 bridgehead atoms. The summed E-state index contributed by atoms with van der Waals surface area (Å²) >= 11 is 0. The molecule has 1 aromatic carbocycles. The molecular formula is C23H22FN3O5. The highest BCUT2D eigenvalue weighted by Gasteiger charge is 2.33. The lowest BCUT2D eigenvalue weighted by Crippen LogP contribution is -2.22. The third-order valence-corrected chi connectivity index (χ3v) is 5.50. The van der Waals surface area contributed by atoms with Crippen molar-refractivity contribution in [1.82, 2.24) is 14.3 Å². The van der Waals surface area contributed by atoms with Gasteiger partial charge in [-0.25, -0.2) is 9.37 Å². The van der Waals surface area contributed by atoms with Crippen LogP contribution in [-0.4, -0.2) is 38.2 Å². The van der Waals surface area contributed by atoms with Crippen molar-refractivity contribution in [3.05, 3.63) is 76.2 Å². The van der Waals surface area contributed by atoms with Crippen LogP contribution >= 0.6 is 0 Å². The summed E-state index contributed by atoms with van der Waals surface area (Å²) in [5.41, 5.74) is 2.09. The Hall–Kier alpha value is -3.27. The molecule has 5 rings (SSSR count). The number of hydrogen-bond acceptors (Lipinski definition) is 6. The zero-order valence-corrected chi connectivity index (χ0v) is 17.6. The number of nitrogens with zero attached hydrogens (tertiary/aromatic N) is 3. The summed E-state index contributed by atoms with van der Waals surface area (Å²) in [6, 6.07) is 7.93. The predicted octanol–water partition coefficient (Wildman–Crippen LogP) is 3.40. The highest BCUT2D eigenvalue weighted by atomic mass is 19.1. The summed E-state index contributed by atoms with van der Waals surface area (Å²) in [5, 5.41) is 11.2. The van der Waals surface area contributed by atoms with Gasteiger partial charge in [-0.05, 0) is 37.6 Å². The minimum Gasteiger partial charge on any atom is -0.425 e. The van der Waals surface area contributed by atoms with Gasteiger partial charge in [0.1, 0.15) is 17.9 Å². The van der Waals surface area contributed by atoms with E-state index in [1.54, 1.807) is 24.4 Å². The monoisotopic (exact) mass is 439 g/mol. The van der Waals surface area contributed by atoms with Crippen LogP contribution in [0.15, 0.2) is 53.7 Å². The largest absolute Gasteiger partial charge is 0.425 e. The van der Waals surface area contributed by atoms with E-state index < -0.39 is 17.6 Å². The second kappa shape index (κ2) is 7.70. The molecule has 1 aliphatic rings. The van der Waals surface area contributed by atoms with Crippen LogP contribution in [0.25, 0.3) is 21.8 Å². The predicted molar refractivity (Wildman–Crippen MR) is 114 cm³/mol. The third kappa shape index (κ3) is 3.75. The summed E-state index contributed by atoms with van der Waals surface area (Å²) in [5.74, 6) is -1.00. The Morgan fingerprint density at radius 1 is 1.28 bits per heavy atom. The van der Waals surface area contributed by atoms with Crippen LogP contribution < -0.4 is 5.56 Å². The number of rotatable bonds is 5. The van der Waals surface area contributed by atoms with Gasteiger partial charge in [0.25, 0.3) is 0 Å². The number of halogens is 1. The molecule has 0 saturated carbocycles. The van der Waals surface area contributed by atoms with Crippen molar-refractivity contribution < 1.29 is 23.8 Å². The number of ether oxygens (including phenoxy) is 3. The number of aromatic nitrogens is 3. The molecule has 1 fully saturated rings. The maximum Gasteiger partial charge on any atom is 0.309 e. The second-order valence-electron chi connectivity index (χ2n) is 8.22. The number of benzene rings is 1. The first kappa shape index (κ1) is 20.6. The van der Waals surface area contributed by atoms with E-state index in [4.69, 9.17) is 14.2 Å². The van der Waals surface area contributed by atoms with E-state index in [0.717, 1.165) is 22.0 Å². The molecule has 4 aromatic rings. The maximum atomic E-state index is 13.3. The molecule has 3 aromatic heterocycles. The quantitative estimate of drug-likeness (QED) is 0.480. The van der Waals surface area contributed by atoms with E-state index in [1.807, 2.05) is 24.6 Å². The first-order valence-corrected chi connectivity index (χ1v) is 10.2. The average Bonchev–Trinajstić information content (AvgIpc) is 3.30. The Morgan fingerprint density at radius 3 is 2.78 bits per heavy atom. The third-order valence-electron chi connectivity index (χ3n) is 5.50. The lowest BCUT2D eigenvalue weighted by molar-refractivity contribution is -0.193. The second-order valence-corrected chi connectivity index (χ2v) is 8.22. The van der Waals surface area contributed by atoms with E-state index in [-0.39, 0.29) is 17.9 Å². The summed E-state index contributed by atoms with van der Waals surface area (Å²) in [6.07, 6.45) is 4.32. The first-order valence-electron chi connectivity index (χ1n) is 10.2. The summed E-state index contributed by atoms with van der Waals surface area (Å²) in [6.45, 7) is 4.67. The lowest BCUT2D eigenvalue weighted by atomic mass is 10.1. The Kier molecular flexibility index (Phi) is 4.96. The minimum atomic E-state index is -0.704. The topological polar surface area (TPSA) is 87.7 Å².